The minimum atomic E-state index is -0.496. The second kappa shape index (κ2) is 6.05. The molecule has 1 N–H and O–H groups in total. The van der Waals surface area contributed by atoms with Crippen molar-refractivity contribution in [2.45, 2.75) is 25.4 Å². The minimum absolute atomic E-state index is 0.496. The highest BCUT2D eigenvalue weighted by molar-refractivity contribution is 5.34. The molecule has 0 unspecified atom stereocenters. The molecule has 4 heteroatoms. The van der Waals surface area contributed by atoms with E-state index in [0.717, 1.165) is 38.2 Å². The van der Waals surface area contributed by atoms with Crippen molar-refractivity contribution in [3.05, 3.63) is 29.8 Å². The van der Waals surface area contributed by atoms with Crippen molar-refractivity contribution in [3.8, 4) is 11.8 Å². The maximum absolute atomic E-state index is 9.86. The molecule has 0 amide bonds. The van der Waals surface area contributed by atoms with Gasteiger partial charge < -0.3 is 9.84 Å². The van der Waals surface area contributed by atoms with Crippen LogP contribution in [0.15, 0.2) is 24.3 Å². The molecule has 0 bridgehead atoms. The molecule has 0 atom stereocenters. The molecule has 102 valence electrons. The second-order valence-electron chi connectivity index (χ2n) is 5.32. The van der Waals surface area contributed by atoms with Gasteiger partial charge in [0.2, 0.25) is 0 Å². The first-order valence-corrected chi connectivity index (χ1v) is 6.67. The molecular formula is C15H20N2O2. The topological polar surface area (TPSA) is 56.5 Å². The average Bonchev–Trinajstić information content (AvgIpc) is 2.41. The van der Waals surface area contributed by atoms with Crippen LogP contribution in [0.2, 0.25) is 0 Å². The number of likely N-dealkylation sites (tertiary alicyclic amines) is 1. The largest absolute Gasteiger partial charge is 0.492 e. The Balaban J connectivity index is 1.70. The number of nitriles is 1. The van der Waals surface area contributed by atoms with E-state index >= 15 is 0 Å². The molecular weight excluding hydrogens is 240 g/mol. The van der Waals surface area contributed by atoms with Crippen LogP contribution in [0.25, 0.3) is 0 Å². The van der Waals surface area contributed by atoms with Gasteiger partial charge in [0, 0.05) is 19.6 Å². The fraction of sp³-hybridized carbons (Fsp3) is 0.533. The van der Waals surface area contributed by atoms with Crippen LogP contribution in [0.5, 0.6) is 5.75 Å². The Morgan fingerprint density at radius 2 is 1.95 bits per heavy atom. The monoisotopic (exact) mass is 260 g/mol. The molecule has 1 aromatic rings. The van der Waals surface area contributed by atoms with E-state index in [2.05, 4.69) is 11.0 Å². The van der Waals surface area contributed by atoms with Crippen LogP contribution in [0.1, 0.15) is 25.3 Å². The van der Waals surface area contributed by atoms with E-state index in [9.17, 15) is 5.11 Å². The summed E-state index contributed by atoms with van der Waals surface area (Å²) >= 11 is 0. The number of piperidine rings is 1. The van der Waals surface area contributed by atoms with Crippen LogP contribution in [0.3, 0.4) is 0 Å². The Morgan fingerprint density at radius 3 is 2.53 bits per heavy atom. The standard InChI is InChI=1S/C15H20N2O2/c1-15(18)6-8-17(9-7-15)10-11-19-14-4-2-13(12-16)3-5-14/h2-5,18H,6-11H2,1H3. The van der Waals surface area contributed by atoms with E-state index < -0.39 is 5.60 Å². The number of hydrogen-bond acceptors (Lipinski definition) is 4. The molecule has 1 aromatic carbocycles. The Hall–Kier alpha value is -1.57. The van der Waals surface area contributed by atoms with E-state index in [1.807, 2.05) is 19.1 Å². The van der Waals surface area contributed by atoms with Gasteiger partial charge in [-0.3, -0.25) is 4.90 Å². The minimum Gasteiger partial charge on any atom is -0.492 e. The number of ether oxygens (including phenoxy) is 1. The highest BCUT2D eigenvalue weighted by Gasteiger charge is 2.26. The zero-order valence-corrected chi connectivity index (χ0v) is 11.3. The van der Waals surface area contributed by atoms with Crippen molar-refractivity contribution in [2.75, 3.05) is 26.2 Å². The van der Waals surface area contributed by atoms with Crippen molar-refractivity contribution in [2.24, 2.45) is 0 Å². The molecule has 1 aliphatic heterocycles. The Bertz CT molecular complexity index is 438. The van der Waals surface area contributed by atoms with Crippen LogP contribution >= 0.6 is 0 Å². The molecule has 1 heterocycles. The van der Waals surface area contributed by atoms with Crippen LogP contribution in [-0.2, 0) is 0 Å². The molecule has 0 radical (unpaired) electrons. The van der Waals surface area contributed by atoms with Gasteiger partial charge >= 0.3 is 0 Å². The van der Waals surface area contributed by atoms with Crippen molar-refractivity contribution in [3.63, 3.8) is 0 Å². The first-order chi connectivity index (χ1) is 9.09. The average molecular weight is 260 g/mol. The lowest BCUT2D eigenvalue weighted by atomic mass is 9.94. The first-order valence-electron chi connectivity index (χ1n) is 6.67. The third-order valence-electron chi connectivity index (χ3n) is 3.59. The summed E-state index contributed by atoms with van der Waals surface area (Å²) in [6.07, 6.45) is 1.65. The van der Waals surface area contributed by atoms with Crippen molar-refractivity contribution in [1.29, 1.82) is 5.26 Å². The molecule has 0 saturated carbocycles. The van der Waals surface area contributed by atoms with Gasteiger partial charge in [0.05, 0.1) is 17.2 Å². The van der Waals surface area contributed by atoms with E-state index in [1.54, 1.807) is 12.1 Å². The van der Waals surface area contributed by atoms with Gasteiger partial charge in [0.1, 0.15) is 12.4 Å². The summed E-state index contributed by atoms with van der Waals surface area (Å²) in [5, 5.41) is 18.6. The summed E-state index contributed by atoms with van der Waals surface area (Å²) < 4.78 is 5.65. The quantitative estimate of drug-likeness (QED) is 0.896. The summed E-state index contributed by atoms with van der Waals surface area (Å²) in [5.74, 6) is 0.794. The summed E-state index contributed by atoms with van der Waals surface area (Å²) in [6.45, 7) is 5.25. The molecule has 19 heavy (non-hydrogen) atoms. The predicted octanol–water partition coefficient (Wildman–Crippen LogP) is 1.78. The Labute approximate surface area is 114 Å². The maximum Gasteiger partial charge on any atom is 0.119 e. The molecule has 0 aliphatic carbocycles. The van der Waals surface area contributed by atoms with Gasteiger partial charge in [-0.25, -0.2) is 0 Å². The van der Waals surface area contributed by atoms with Gasteiger partial charge in [-0.1, -0.05) is 0 Å². The van der Waals surface area contributed by atoms with Crippen molar-refractivity contribution in [1.82, 2.24) is 4.90 Å². The lowest BCUT2D eigenvalue weighted by molar-refractivity contribution is -0.00768. The molecule has 0 spiro atoms. The van der Waals surface area contributed by atoms with Gasteiger partial charge in [-0.05, 0) is 44.0 Å². The third kappa shape index (κ3) is 4.23. The molecule has 1 fully saturated rings. The van der Waals surface area contributed by atoms with Crippen LogP contribution in [-0.4, -0.2) is 41.8 Å². The SMILES string of the molecule is CC1(O)CCN(CCOc2ccc(C#N)cc2)CC1. The summed E-state index contributed by atoms with van der Waals surface area (Å²) in [5.41, 5.74) is 0.149. The maximum atomic E-state index is 9.86. The smallest absolute Gasteiger partial charge is 0.119 e. The summed E-state index contributed by atoms with van der Waals surface area (Å²) in [7, 11) is 0. The number of nitrogens with zero attached hydrogens (tertiary/aromatic N) is 2. The molecule has 4 nitrogen and oxygen atoms in total. The molecule has 1 aliphatic rings. The predicted molar refractivity (Wildman–Crippen MR) is 72.9 cm³/mol. The molecule has 1 saturated heterocycles. The Kier molecular flexibility index (Phi) is 4.41. The van der Waals surface area contributed by atoms with Gasteiger partial charge in [0.15, 0.2) is 0 Å². The highest BCUT2D eigenvalue weighted by atomic mass is 16.5. The first kappa shape index (κ1) is 13.9. The lowest BCUT2D eigenvalue weighted by Crippen LogP contribution is -2.43. The third-order valence-corrected chi connectivity index (χ3v) is 3.59. The van der Waals surface area contributed by atoms with Crippen molar-refractivity contribution >= 4 is 0 Å². The zero-order valence-electron chi connectivity index (χ0n) is 11.3. The van der Waals surface area contributed by atoms with E-state index in [0.29, 0.717) is 12.2 Å². The van der Waals surface area contributed by atoms with Crippen LogP contribution < -0.4 is 4.74 Å². The molecule has 2 rings (SSSR count). The lowest BCUT2D eigenvalue weighted by Gasteiger charge is -2.35. The number of rotatable bonds is 4. The fourth-order valence-electron chi connectivity index (χ4n) is 2.18. The van der Waals surface area contributed by atoms with Gasteiger partial charge in [0.25, 0.3) is 0 Å². The van der Waals surface area contributed by atoms with Crippen LogP contribution in [0.4, 0.5) is 0 Å². The number of hydrogen-bond donors (Lipinski definition) is 1. The normalized spacial score (nSPS) is 18.8. The summed E-state index contributed by atoms with van der Waals surface area (Å²) in [4.78, 5) is 2.31. The van der Waals surface area contributed by atoms with Crippen molar-refractivity contribution < 1.29 is 9.84 Å². The fourth-order valence-corrected chi connectivity index (χ4v) is 2.18. The number of aliphatic hydroxyl groups is 1. The highest BCUT2D eigenvalue weighted by Crippen LogP contribution is 2.20. The van der Waals surface area contributed by atoms with Crippen LogP contribution in [0, 0.1) is 11.3 Å². The second-order valence-corrected chi connectivity index (χ2v) is 5.32. The van der Waals surface area contributed by atoms with Gasteiger partial charge in [-0.15, -0.1) is 0 Å². The van der Waals surface area contributed by atoms with E-state index in [4.69, 9.17) is 10.00 Å². The Morgan fingerprint density at radius 1 is 1.32 bits per heavy atom. The molecule has 0 aromatic heterocycles. The van der Waals surface area contributed by atoms with E-state index in [-0.39, 0.29) is 0 Å². The summed E-state index contributed by atoms with van der Waals surface area (Å²) in [6, 6.07) is 9.23. The van der Waals surface area contributed by atoms with Gasteiger partial charge in [-0.2, -0.15) is 5.26 Å². The van der Waals surface area contributed by atoms with E-state index in [1.165, 1.54) is 0 Å². The number of benzene rings is 1. The zero-order chi connectivity index (χ0) is 13.7.